The van der Waals surface area contributed by atoms with Crippen LogP contribution in [0.2, 0.25) is 15.1 Å². The van der Waals surface area contributed by atoms with E-state index in [1.807, 2.05) is 0 Å². The fourth-order valence-electron chi connectivity index (χ4n) is 1.59. The number of rotatable bonds is 4. The topological polar surface area (TPSA) is 46.5 Å². The Bertz CT molecular complexity index is 711. The summed E-state index contributed by atoms with van der Waals surface area (Å²) in [5.74, 6) is -0.370. The lowest BCUT2D eigenvalue weighted by Gasteiger charge is -2.12. The highest BCUT2D eigenvalue weighted by Gasteiger charge is 2.11. The number of halogens is 3. The molecular weight excluding hydrogens is 335 g/mol. The highest BCUT2D eigenvalue weighted by Crippen LogP contribution is 2.37. The summed E-state index contributed by atoms with van der Waals surface area (Å²) in [5, 5.41) is 9.86. The molecule has 0 amide bonds. The first-order chi connectivity index (χ1) is 9.97. The number of carboxylic acid groups (broad SMARTS) is 1. The summed E-state index contributed by atoms with van der Waals surface area (Å²) in [6.45, 7) is 0. The van der Waals surface area contributed by atoms with E-state index >= 15 is 0 Å². The zero-order valence-corrected chi connectivity index (χ0v) is 12.8. The zero-order valence-electron chi connectivity index (χ0n) is 10.5. The number of carboxylic acids is 1. The summed E-state index contributed by atoms with van der Waals surface area (Å²) in [5.41, 5.74) is 0.524. The van der Waals surface area contributed by atoms with Crippen LogP contribution in [0.4, 0.5) is 0 Å². The smallest absolute Gasteiger partial charge is 0.328 e. The summed E-state index contributed by atoms with van der Waals surface area (Å²) in [6.07, 6.45) is 2.40. The van der Waals surface area contributed by atoms with Gasteiger partial charge in [-0.3, -0.25) is 0 Å². The SMILES string of the molecule is O=C(O)/C=C/c1cccc(Cl)c1Oc1ccc(Cl)cc1Cl. The van der Waals surface area contributed by atoms with Crippen LogP contribution < -0.4 is 4.74 Å². The highest BCUT2D eigenvalue weighted by molar-refractivity contribution is 6.35. The van der Waals surface area contributed by atoms with Gasteiger partial charge >= 0.3 is 5.97 Å². The highest BCUT2D eigenvalue weighted by atomic mass is 35.5. The molecule has 0 radical (unpaired) electrons. The first kappa shape index (κ1) is 15.7. The van der Waals surface area contributed by atoms with Crippen molar-refractivity contribution in [2.24, 2.45) is 0 Å². The molecule has 0 aromatic heterocycles. The lowest BCUT2D eigenvalue weighted by atomic mass is 10.2. The number of hydrogen-bond donors (Lipinski definition) is 1. The van der Waals surface area contributed by atoms with Crippen LogP contribution in [-0.2, 0) is 4.79 Å². The molecule has 2 aromatic carbocycles. The molecule has 0 aliphatic carbocycles. The maximum Gasteiger partial charge on any atom is 0.328 e. The van der Waals surface area contributed by atoms with E-state index < -0.39 is 5.97 Å². The van der Waals surface area contributed by atoms with E-state index in [-0.39, 0.29) is 0 Å². The van der Waals surface area contributed by atoms with Crippen LogP contribution in [0.3, 0.4) is 0 Å². The van der Waals surface area contributed by atoms with Crippen LogP contribution in [0.15, 0.2) is 42.5 Å². The third kappa shape index (κ3) is 4.14. The molecule has 108 valence electrons. The van der Waals surface area contributed by atoms with Crippen molar-refractivity contribution in [2.45, 2.75) is 0 Å². The molecule has 3 nitrogen and oxygen atoms in total. The zero-order chi connectivity index (χ0) is 15.4. The molecule has 0 unspecified atom stereocenters. The predicted molar refractivity (Wildman–Crippen MR) is 84.7 cm³/mol. The second kappa shape index (κ2) is 6.85. The fraction of sp³-hybridized carbons (Fsp3) is 0. The molecule has 0 heterocycles. The molecule has 0 aliphatic rings. The number of hydrogen-bond acceptors (Lipinski definition) is 2. The van der Waals surface area contributed by atoms with E-state index in [0.29, 0.717) is 32.1 Å². The molecule has 0 spiro atoms. The molecule has 6 heteroatoms. The van der Waals surface area contributed by atoms with Crippen LogP contribution in [-0.4, -0.2) is 11.1 Å². The van der Waals surface area contributed by atoms with Gasteiger partial charge in [-0.05, 0) is 30.3 Å². The molecule has 0 aliphatic heterocycles. The van der Waals surface area contributed by atoms with E-state index in [1.54, 1.807) is 36.4 Å². The van der Waals surface area contributed by atoms with Crippen molar-refractivity contribution in [1.82, 2.24) is 0 Å². The van der Waals surface area contributed by atoms with Gasteiger partial charge in [-0.1, -0.05) is 46.9 Å². The van der Waals surface area contributed by atoms with Crippen molar-refractivity contribution in [3.63, 3.8) is 0 Å². The van der Waals surface area contributed by atoms with Crippen molar-refractivity contribution in [3.05, 3.63) is 63.1 Å². The van der Waals surface area contributed by atoms with Gasteiger partial charge in [-0.2, -0.15) is 0 Å². The van der Waals surface area contributed by atoms with Crippen LogP contribution in [0.1, 0.15) is 5.56 Å². The molecule has 0 fully saturated rings. The Morgan fingerprint density at radius 2 is 1.86 bits per heavy atom. The molecule has 0 saturated heterocycles. The first-order valence-electron chi connectivity index (χ1n) is 5.80. The van der Waals surface area contributed by atoms with Gasteiger partial charge in [0.05, 0.1) is 10.0 Å². The van der Waals surface area contributed by atoms with Gasteiger partial charge in [-0.15, -0.1) is 0 Å². The summed E-state index contributed by atoms with van der Waals surface area (Å²) in [6, 6.07) is 9.80. The van der Waals surface area contributed by atoms with Gasteiger partial charge in [0, 0.05) is 16.7 Å². The minimum Gasteiger partial charge on any atom is -0.478 e. The average Bonchev–Trinajstić information content (AvgIpc) is 2.42. The second-order valence-electron chi connectivity index (χ2n) is 4.01. The van der Waals surface area contributed by atoms with Crippen LogP contribution >= 0.6 is 34.8 Å². The molecular formula is C15H9Cl3O3. The van der Waals surface area contributed by atoms with Crippen molar-refractivity contribution in [3.8, 4) is 11.5 Å². The van der Waals surface area contributed by atoms with Gasteiger partial charge in [0.15, 0.2) is 5.75 Å². The number of benzene rings is 2. The quantitative estimate of drug-likeness (QED) is 0.742. The average molecular weight is 344 g/mol. The summed E-state index contributed by atoms with van der Waals surface area (Å²) in [4.78, 5) is 10.6. The van der Waals surface area contributed by atoms with Crippen LogP contribution in [0, 0.1) is 0 Å². The molecule has 2 aromatic rings. The molecule has 1 N–H and O–H groups in total. The van der Waals surface area contributed by atoms with E-state index in [0.717, 1.165) is 6.08 Å². The fourth-order valence-corrected chi connectivity index (χ4v) is 2.26. The van der Waals surface area contributed by atoms with Crippen LogP contribution in [0.5, 0.6) is 11.5 Å². The molecule has 2 rings (SSSR count). The number of carbonyl (C=O) groups is 1. The number of para-hydroxylation sites is 1. The maximum absolute atomic E-state index is 10.6. The minimum absolute atomic E-state index is 0.320. The Labute approximate surface area is 136 Å². The van der Waals surface area contributed by atoms with Crippen molar-refractivity contribution < 1.29 is 14.6 Å². The predicted octanol–water partition coefficient (Wildman–Crippen LogP) is 5.54. The standard InChI is InChI=1S/C15H9Cl3O3/c16-10-5-6-13(12(18)8-10)21-15-9(4-7-14(19)20)2-1-3-11(15)17/h1-8H,(H,19,20)/b7-4+. The Hall–Kier alpha value is -1.68. The maximum atomic E-state index is 10.6. The first-order valence-corrected chi connectivity index (χ1v) is 6.93. The Morgan fingerprint density at radius 3 is 2.52 bits per heavy atom. The minimum atomic E-state index is -1.06. The largest absolute Gasteiger partial charge is 0.478 e. The van der Waals surface area contributed by atoms with E-state index in [2.05, 4.69) is 0 Å². The monoisotopic (exact) mass is 342 g/mol. The second-order valence-corrected chi connectivity index (χ2v) is 5.26. The van der Waals surface area contributed by atoms with Gasteiger partial charge in [-0.25, -0.2) is 4.79 Å². The molecule has 0 saturated carbocycles. The van der Waals surface area contributed by atoms with Crippen molar-refractivity contribution in [1.29, 1.82) is 0 Å². The van der Waals surface area contributed by atoms with Gasteiger partial charge in [0.1, 0.15) is 5.75 Å². The van der Waals surface area contributed by atoms with Crippen molar-refractivity contribution in [2.75, 3.05) is 0 Å². The Kier molecular flexibility index (Phi) is 5.12. The van der Waals surface area contributed by atoms with Gasteiger partial charge in [0.25, 0.3) is 0 Å². The summed E-state index contributed by atoms with van der Waals surface area (Å²) >= 11 is 18.0. The summed E-state index contributed by atoms with van der Waals surface area (Å²) in [7, 11) is 0. The third-order valence-corrected chi connectivity index (χ3v) is 3.34. The lowest BCUT2D eigenvalue weighted by Crippen LogP contribution is -1.91. The van der Waals surface area contributed by atoms with E-state index in [4.69, 9.17) is 44.6 Å². The normalized spacial score (nSPS) is 10.8. The summed E-state index contributed by atoms with van der Waals surface area (Å²) < 4.78 is 5.69. The third-order valence-electron chi connectivity index (χ3n) is 2.51. The lowest BCUT2D eigenvalue weighted by molar-refractivity contribution is -0.131. The Balaban J connectivity index is 2.41. The van der Waals surface area contributed by atoms with Gasteiger partial charge in [0.2, 0.25) is 0 Å². The number of ether oxygens (including phenoxy) is 1. The van der Waals surface area contributed by atoms with Gasteiger partial charge < -0.3 is 9.84 Å². The molecule has 0 bridgehead atoms. The van der Waals surface area contributed by atoms with Crippen LogP contribution in [0.25, 0.3) is 6.08 Å². The Morgan fingerprint density at radius 1 is 1.10 bits per heavy atom. The molecule has 21 heavy (non-hydrogen) atoms. The van der Waals surface area contributed by atoms with E-state index in [1.165, 1.54) is 6.08 Å². The van der Waals surface area contributed by atoms with E-state index in [9.17, 15) is 4.79 Å². The van der Waals surface area contributed by atoms with Crippen molar-refractivity contribution >= 4 is 46.8 Å². The molecule has 0 atom stereocenters. The number of aliphatic carboxylic acids is 1.